The van der Waals surface area contributed by atoms with Gasteiger partial charge in [-0.25, -0.2) is 12.7 Å². The van der Waals surface area contributed by atoms with Crippen LogP contribution in [0.25, 0.3) is 0 Å². The first-order valence-electron chi connectivity index (χ1n) is 7.30. The highest BCUT2D eigenvalue weighted by Crippen LogP contribution is 2.21. The van der Waals surface area contributed by atoms with Crippen molar-refractivity contribution in [1.29, 1.82) is 0 Å². The Morgan fingerprint density at radius 2 is 2.09 bits per heavy atom. The van der Waals surface area contributed by atoms with Gasteiger partial charge in [-0.2, -0.15) is 0 Å². The van der Waals surface area contributed by atoms with Crippen LogP contribution in [-0.4, -0.2) is 55.4 Å². The SMILES string of the molecule is CN(C)S(=O)(=O)c1cccc(CN2CCCCC2C(=O)O)c1. The molecule has 1 heterocycles. The maximum atomic E-state index is 12.2. The fraction of sp³-hybridized carbons (Fsp3) is 0.533. The molecule has 7 heteroatoms. The van der Waals surface area contributed by atoms with Crippen molar-refractivity contribution in [2.24, 2.45) is 0 Å². The number of likely N-dealkylation sites (tertiary alicyclic amines) is 1. The lowest BCUT2D eigenvalue weighted by molar-refractivity contribution is -0.144. The molecule has 1 N–H and O–H groups in total. The summed E-state index contributed by atoms with van der Waals surface area (Å²) in [6, 6.07) is 6.24. The topological polar surface area (TPSA) is 77.9 Å². The maximum Gasteiger partial charge on any atom is 0.320 e. The van der Waals surface area contributed by atoms with E-state index in [-0.39, 0.29) is 4.90 Å². The molecular weight excluding hydrogens is 304 g/mol. The highest BCUT2D eigenvalue weighted by molar-refractivity contribution is 7.89. The van der Waals surface area contributed by atoms with Gasteiger partial charge in [-0.1, -0.05) is 18.6 Å². The lowest BCUT2D eigenvalue weighted by Gasteiger charge is -2.32. The molecule has 1 saturated heterocycles. The van der Waals surface area contributed by atoms with Crippen LogP contribution < -0.4 is 0 Å². The number of nitrogens with zero attached hydrogens (tertiary/aromatic N) is 2. The number of piperidine rings is 1. The van der Waals surface area contributed by atoms with Crippen LogP contribution in [0.1, 0.15) is 24.8 Å². The average molecular weight is 326 g/mol. The summed E-state index contributed by atoms with van der Waals surface area (Å²) in [4.78, 5) is 13.5. The van der Waals surface area contributed by atoms with Crippen molar-refractivity contribution in [1.82, 2.24) is 9.21 Å². The van der Waals surface area contributed by atoms with Gasteiger partial charge in [0.1, 0.15) is 6.04 Å². The fourth-order valence-electron chi connectivity index (χ4n) is 2.71. The Morgan fingerprint density at radius 1 is 1.36 bits per heavy atom. The van der Waals surface area contributed by atoms with Gasteiger partial charge >= 0.3 is 5.97 Å². The highest BCUT2D eigenvalue weighted by Gasteiger charge is 2.28. The molecular formula is C15H22N2O4S. The Bertz CT molecular complexity index is 643. The molecule has 1 fully saturated rings. The minimum absolute atomic E-state index is 0.235. The van der Waals surface area contributed by atoms with E-state index < -0.39 is 22.0 Å². The molecule has 2 rings (SSSR count). The van der Waals surface area contributed by atoms with Gasteiger partial charge in [-0.3, -0.25) is 9.69 Å². The summed E-state index contributed by atoms with van der Waals surface area (Å²) in [7, 11) is -0.485. The van der Waals surface area contributed by atoms with E-state index in [4.69, 9.17) is 0 Å². The van der Waals surface area contributed by atoms with Gasteiger partial charge in [0.05, 0.1) is 4.90 Å². The lowest BCUT2D eigenvalue weighted by atomic mass is 10.0. The van der Waals surface area contributed by atoms with Gasteiger partial charge < -0.3 is 5.11 Å². The third-order valence-corrected chi connectivity index (χ3v) is 5.77. The summed E-state index contributed by atoms with van der Waals surface area (Å²) in [5.41, 5.74) is 0.816. The second-order valence-corrected chi connectivity index (χ2v) is 7.91. The Morgan fingerprint density at radius 3 is 2.73 bits per heavy atom. The predicted molar refractivity (Wildman–Crippen MR) is 83.0 cm³/mol. The van der Waals surface area contributed by atoms with Crippen LogP contribution in [0.4, 0.5) is 0 Å². The van der Waals surface area contributed by atoms with E-state index in [0.717, 1.165) is 24.9 Å². The Balaban J connectivity index is 2.21. The number of carboxylic acids is 1. The summed E-state index contributed by atoms with van der Waals surface area (Å²) < 4.78 is 25.5. The molecule has 1 aliphatic rings. The van der Waals surface area contributed by atoms with Crippen molar-refractivity contribution < 1.29 is 18.3 Å². The van der Waals surface area contributed by atoms with Crippen molar-refractivity contribution in [2.75, 3.05) is 20.6 Å². The zero-order chi connectivity index (χ0) is 16.3. The highest BCUT2D eigenvalue weighted by atomic mass is 32.2. The molecule has 0 radical (unpaired) electrons. The molecule has 0 aromatic heterocycles. The van der Waals surface area contributed by atoms with E-state index in [9.17, 15) is 18.3 Å². The average Bonchev–Trinajstić information content (AvgIpc) is 2.47. The third-order valence-electron chi connectivity index (χ3n) is 3.96. The molecule has 0 spiro atoms. The third kappa shape index (κ3) is 3.66. The van der Waals surface area contributed by atoms with E-state index in [1.165, 1.54) is 18.4 Å². The van der Waals surface area contributed by atoms with Crippen molar-refractivity contribution in [3.05, 3.63) is 29.8 Å². The smallest absolute Gasteiger partial charge is 0.320 e. The first-order chi connectivity index (χ1) is 10.3. The molecule has 0 aliphatic carbocycles. The lowest BCUT2D eigenvalue weighted by Crippen LogP contribution is -2.44. The van der Waals surface area contributed by atoms with Crippen LogP contribution in [0.2, 0.25) is 0 Å². The molecule has 122 valence electrons. The number of carbonyl (C=O) groups is 1. The van der Waals surface area contributed by atoms with Crippen LogP contribution in [-0.2, 0) is 21.4 Å². The largest absolute Gasteiger partial charge is 0.480 e. The second kappa shape index (κ2) is 6.76. The number of rotatable bonds is 5. The molecule has 1 aliphatic heterocycles. The number of hydrogen-bond acceptors (Lipinski definition) is 4. The molecule has 0 bridgehead atoms. The minimum Gasteiger partial charge on any atom is -0.480 e. The van der Waals surface area contributed by atoms with Crippen LogP contribution in [0.5, 0.6) is 0 Å². The van der Waals surface area contributed by atoms with Crippen molar-refractivity contribution in [3.63, 3.8) is 0 Å². The van der Waals surface area contributed by atoms with E-state index in [1.54, 1.807) is 18.2 Å². The zero-order valence-electron chi connectivity index (χ0n) is 12.9. The predicted octanol–water partition coefficient (Wildman–Crippen LogP) is 1.38. The summed E-state index contributed by atoms with van der Waals surface area (Å²) >= 11 is 0. The van der Waals surface area contributed by atoms with Crippen LogP contribution in [0, 0.1) is 0 Å². The molecule has 6 nitrogen and oxygen atoms in total. The van der Waals surface area contributed by atoms with Crippen molar-refractivity contribution in [3.8, 4) is 0 Å². The van der Waals surface area contributed by atoms with Gasteiger partial charge in [0.25, 0.3) is 0 Å². The second-order valence-electron chi connectivity index (χ2n) is 5.76. The first-order valence-corrected chi connectivity index (χ1v) is 8.74. The number of carboxylic acid groups (broad SMARTS) is 1. The Kier molecular flexibility index (Phi) is 5.20. The molecule has 0 saturated carbocycles. The first kappa shape index (κ1) is 16.9. The fourth-order valence-corrected chi connectivity index (χ4v) is 3.68. The van der Waals surface area contributed by atoms with Crippen LogP contribution >= 0.6 is 0 Å². The van der Waals surface area contributed by atoms with Gasteiger partial charge in [-0.15, -0.1) is 0 Å². The monoisotopic (exact) mass is 326 g/mol. The number of aliphatic carboxylic acids is 1. The van der Waals surface area contributed by atoms with Crippen LogP contribution in [0.15, 0.2) is 29.2 Å². The Hall–Kier alpha value is -1.44. The summed E-state index contributed by atoms with van der Waals surface area (Å²) in [6.45, 7) is 1.18. The Labute approximate surface area is 131 Å². The van der Waals surface area contributed by atoms with Crippen LogP contribution in [0.3, 0.4) is 0 Å². The van der Waals surface area contributed by atoms with E-state index in [2.05, 4.69) is 0 Å². The van der Waals surface area contributed by atoms with Crippen molar-refractivity contribution >= 4 is 16.0 Å². The number of benzene rings is 1. The molecule has 1 aromatic rings. The molecule has 1 atom stereocenters. The minimum atomic E-state index is -3.47. The summed E-state index contributed by atoms with van der Waals surface area (Å²) in [5.74, 6) is -0.809. The van der Waals surface area contributed by atoms with Gasteiger partial charge in [0.15, 0.2) is 0 Å². The quantitative estimate of drug-likeness (QED) is 0.884. The standard InChI is InChI=1S/C15H22N2O4S/c1-16(2)22(20,21)13-7-5-6-12(10-13)11-17-9-4-3-8-14(17)15(18)19/h5-7,10,14H,3-4,8-9,11H2,1-2H3,(H,18,19). The van der Waals surface area contributed by atoms with Crippen molar-refractivity contribution in [2.45, 2.75) is 36.7 Å². The molecule has 1 unspecified atom stereocenters. The summed E-state index contributed by atoms with van der Waals surface area (Å²) in [5, 5.41) is 9.30. The van der Waals surface area contributed by atoms with Gasteiger partial charge in [0, 0.05) is 20.6 Å². The maximum absolute atomic E-state index is 12.2. The summed E-state index contributed by atoms with van der Waals surface area (Å²) in [6.07, 6.45) is 2.53. The van der Waals surface area contributed by atoms with E-state index in [0.29, 0.717) is 13.0 Å². The zero-order valence-corrected chi connectivity index (χ0v) is 13.7. The number of hydrogen-bond donors (Lipinski definition) is 1. The number of sulfonamides is 1. The van der Waals surface area contributed by atoms with Gasteiger partial charge in [-0.05, 0) is 37.1 Å². The van der Waals surface area contributed by atoms with Gasteiger partial charge in [0.2, 0.25) is 10.0 Å². The molecule has 22 heavy (non-hydrogen) atoms. The molecule has 1 aromatic carbocycles. The van der Waals surface area contributed by atoms with E-state index >= 15 is 0 Å². The van der Waals surface area contributed by atoms with E-state index in [1.807, 2.05) is 11.0 Å². The molecule has 0 amide bonds. The normalized spacial score (nSPS) is 20.2.